The van der Waals surface area contributed by atoms with Crippen LogP contribution in [0.2, 0.25) is 0 Å². The van der Waals surface area contributed by atoms with Gasteiger partial charge in [0.1, 0.15) is 0 Å². The van der Waals surface area contributed by atoms with Crippen molar-refractivity contribution in [2.75, 3.05) is 6.61 Å². The molecule has 13 heavy (non-hydrogen) atoms. The molecule has 3 rings (SSSR count). The first-order chi connectivity index (χ1) is 6.41. The molecule has 0 aromatic rings. The molecule has 3 fully saturated rings. The summed E-state index contributed by atoms with van der Waals surface area (Å²) in [7, 11) is 0. The van der Waals surface area contributed by atoms with Gasteiger partial charge in [-0.05, 0) is 37.5 Å². The average Bonchev–Trinajstić information content (AvgIpc) is 2.78. The SMILES string of the molecule is C1CC[C@H]2[C@H](C1)COC21CCCC1. The maximum Gasteiger partial charge on any atom is 0.0714 e. The highest BCUT2D eigenvalue weighted by atomic mass is 16.5. The van der Waals surface area contributed by atoms with E-state index in [9.17, 15) is 0 Å². The monoisotopic (exact) mass is 180 g/mol. The van der Waals surface area contributed by atoms with Crippen molar-refractivity contribution in [3.05, 3.63) is 0 Å². The number of hydrogen-bond acceptors (Lipinski definition) is 1. The Morgan fingerprint density at radius 1 is 0.923 bits per heavy atom. The normalized spacial score (nSPS) is 42.5. The van der Waals surface area contributed by atoms with E-state index in [1.54, 1.807) is 0 Å². The van der Waals surface area contributed by atoms with Gasteiger partial charge in [-0.3, -0.25) is 0 Å². The Kier molecular flexibility index (Phi) is 1.90. The van der Waals surface area contributed by atoms with E-state index < -0.39 is 0 Å². The van der Waals surface area contributed by atoms with Gasteiger partial charge in [0.2, 0.25) is 0 Å². The zero-order valence-electron chi connectivity index (χ0n) is 8.43. The molecule has 0 aromatic heterocycles. The van der Waals surface area contributed by atoms with Crippen LogP contribution in [0.15, 0.2) is 0 Å². The van der Waals surface area contributed by atoms with Crippen LogP contribution in [0.1, 0.15) is 51.4 Å². The van der Waals surface area contributed by atoms with Gasteiger partial charge in [-0.2, -0.15) is 0 Å². The molecule has 2 aliphatic carbocycles. The van der Waals surface area contributed by atoms with Gasteiger partial charge in [0, 0.05) is 0 Å². The average molecular weight is 180 g/mol. The van der Waals surface area contributed by atoms with Crippen molar-refractivity contribution in [3.63, 3.8) is 0 Å². The predicted molar refractivity (Wildman–Crippen MR) is 52.6 cm³/mol. The lowest BCUT2D eigenvalue weighted by molar-refractivity contribution is -0.0183. The van der Waals surface area contributed by atoms with Crippen molar-refractivity contribution in [1.29, 1.82) is 0 Å². The number of fused-ring (bicyclic) bond motifs is 2. The summed E-state index contributed by atoms with van der Waals surface area (Å²) in [6.07, 6.45) is 11.4. The van der Waals surface area contributed by atoms with Gasteiger partial charge in [-0.25, -0.2) is 0 Å². The quantitative estimate of drug-likeness (QED) is 0.556. The molecule has 1 aliphatic heterocycles. The Balaban J connectivity index is 1.82. The van der Waals surface area contributed by atoms with E-state index in [2.05, 4.69) is 0 Å². The maximum absolute atomic E-state index is 6.15. The molecule has 2 saturated carbocycles. The predicted octanol–water partition coefficient (Wildman–Crippen LogP) is 3.14. The summed E-state index contributed by atoms with van der Waals surface area (Å²) in [5.74, 6) is 1.88. The third kappa shape index (κ3) is 1.16. The second kappa shape index (κ2) is 2.98. The summed E-state index contributed by atoms with van der Waals surface area (Å²) in [5.41, 5.74) is 0.380. The van der Waals surface area contributed by atoms with Gasteiger partial charge in [-0.15, -0.1) is 0 Å². The molecule has 0 bridgehead atoms. The van der Waals surface area contributed by atoms with E-state index in [1.165, 1.54) is 51.4 Å². The lowest BCUT2D eigenvalue weighted by Crippen LogP contribution is -2.35. The van der Waals surface area contributed by atoms with E-state index in [4.69, 9.17) is 4.74 Å². The summed E-state index contributed by atoms with van der Waals surface area (Å²) in [4.78, 5) is 0. The highest BCUT2D eigenvalue weighted by molar-refractivity contribution is 5.00. The molecule has 0 amide bonds. The second-order valence-electron chi connectivity index (χ2n) is 5.23. The Bertz CT molecular complexity index is 193. The summed E-state index contributed by atoms with van der Waals surface area (Å²) in [6, 6.07) is 0. The second-order valence-corrected chi connectivity index (χ2v) is 5.23. The first kappa shape index (κ1) is 8.28. The van der Waals surface area contributed by atoms with E-state index in [0.717, 1.165) is 18.4 Å². The van der Waals surface area contributed by atoms with Gasteiger partial charge < -0.3 is 4.74 Å². The largest absolute Gasteiger partial charge is 0.374 e. The van der Waals surface area contributed by atoms with Crippen LogP contribution in [0, 0.1) is 11.8 Å². The molecule has 1 heteroatoms. The number of rotatable bonds is 0. The molecule has 0 radical (unpaired) electrons. The molecule has 3 aliphatic rings. The molecule has 0 N–H and O–H groups in total. The van der Waals surface area contributed by atoms with Crippen LogP contribution in [-0.2, 0) is 4.74 Å². The zero-order valence-corrected chi connectivity index (χ0v) is 8.43. The minimum Gasteiger partial charge on any atom is -0.374 e. The van der Waals surface area contributed by atoms with Crippen LogP contribution < -0.4 is 0 Å². The van der Waals surface area contributed by atoms with Crippen LogP contribution in [0.4, 0.5) is 0 Å². The summed E-state index contributed by atoms with van der Waals surface area (Å²) in [6.45, 7) is 1.09. The molecule has 2 atom stereocenters. The molecule has 1 nitrogen and oxygen atoms in total. The Hall–Kier alpha value is -0.0400. The number of hydrogen-bond donors (Lipinski definition) is 0. The van der Waals surface area contributed by atoms with Crippen molar-refractivity contribution in [2.45, 2.75) is 57.0 Å². The maximum atomic E-state index is 6.15. The smallest absolute Gasteiger partial charge is 0.0714 e. The Morgan fingerprint density at radius 3 is 2.54 bits per heavy atom. The van der Waals surface area contributed by atoms with Crippen molar-refractivity contribution in [1.82, 2.24) is 0 Å². The first-order valence-electron chi connectivity index (χ1n) is 6.05. The minimum atomic E-state index is 0.380. The fourth-order valence-corrected chi connectivity index (χ4v) is 3.97. The van der Waals surface area contributed by atoms with Crippen LogP contribution >= 0.6 is 0 Å². The zero-order chi connectivity index (χ0) is 8.73. The number of ether oxygens (including phenoxy) is 1. The molecule has 0 unspecified atom stereocenters. The minimum absolute atomic E-state index is 0.380. The molecule has 74 valence electrons. The molecular weight excluding hydrogens is 160 g/mol. The van der Waals surface area contributed by atoms with Crippen molar-refractivity contribution in [2.24, 2.45) is 11.8 Å². The van der Waals surface area contributed by atoms with Gasteiger partial charge in [0.25, 0.3) is 0 Å². The van der Waals surface area contributed by atoms with E-state index in [-0.39, 0.29) is 0 Å². The van der Waals surface area contributed by atoms with Crippen molar-refractivity contribution >= 4 is 0 Å². The fourth-order valence-electron chi connectivity index (χ4n) is 3.97. The van der Waals surface area contributed by atoms with Crippen LogP contribution in [0.5, 0.6) is 0 Å². The Labute approximate surface area is 80.8 Å². The third-order valence-electron chi connectivity index (χ3n) is 4.62. The highest BCUT2D eigenvalue weighted by Gasteiger charge is 2.51. The van der Waals surface area contributed by atoms with Crippen LogP contribution in [0.3, 0.4) is 0 Å². The fraction of sp³-hybridized carbons (Fsp3) is 1.00. The Morgan fingerprint density at radius 2 is 1.69 bits per heavy atom. The molecular formula is C12H20O. The van der Waals surface area contributed by atoms with Crippen molar-refractivity contribution in [3.8, 4) is 0 Å². The standard InChI is InChI=1S/C12H20O/c1-2-6-11-10(5-1)9-13-12(11)7-3-4-8-12/h10-11H,1-9H2/t10-,11+/m1/s1. The third-order valence-corrected chi connectivity index (χ3v) is 4.62. The topological polar surface area (TPSA) is 9.23 Å². The first-order valence-corrected chi connectivity index (χ1v) is 6.05. The van der Waals surface area contributed by atoms with E-state index in [1.807, 2.05) is 0 Å². The molecule has 0 aromatic carbocycles. The lowest BCUT2D eigenvalue weighted by Gasteiger charge is -2.34. The summed E-state index contributed by atoms with van der Waals surface area (Å²) in [5, 5.41) is 0. The van der Waals surface area contributed by atoms with Gasteiger partial charge in [0.05, 0.1) is 12.2 Å². The molecule has 1 heterocycles. The molecule has 1 saturated heterocycles. The van der Waals surface area contributed by atoms with Crippen molar-refractivity contribution < 1.29 is 4.74 Å². The van der Waals surface area contributed by atoms with Gasteiger partial charge >= 0.3 is 0 Å². The van der Waals surface area contributed by atoms with E-state index in [0.29, 0.717) is 5.60 Å². The highest BCUT2D eigenvalue weighted by Crippen LogP contribution is 2.52. The molecule has 1 spiro atoms. The van der Waals surface area contributed by atoms with Gasteiger partial charge in [0.15, 0.2) is 0 Å². The summed E-state index contributed by atoms with van der Waals surface area (Å²) >= 11 is 0. The van der Waals surface area contributed by atoms with Crippen LogP contribution in [-0.4, -0.2) is 12.2 Å². The van der Waals surface area contributed by atoms with Crippen LogP contribution in [0.25, 0.3) is 0 Å². The van der Waals surface area contributed by atoms with Gasteiger partial charge in [-0.1, -0.05) is 25.7 Å². The summed E-state index contributed by atoms with van der Waals surface area (Å²) < 4.78 is 6.15. The lowest BCUT2D eigenvalue weighted by atomic mass is 9.72. The van der Waals surface area contributed by atoms with E-state index >= 15 is 0 Å².